The highest BCUT2D eigenvalue weighted by atomic mass is 19.1. The van der Waals surface area contributed by atoms with Crippen LogP contribution in [0.4, 0.5) is 14.5 Å². The first-order valence-corrected chi connectivity index (χ1v) is 15.9. The molecular formula is C36H41F2NO7. The van der Waals surface area contributed by atoms with Crippen molar-refractivity contribution >= 4 is 17.3 Å². The predicted octanol–water partition coefficient (Wildman–Crippen LogP) is 4.99. The van der Waals surface area contributed by atoms with E-state index in [9.17, 15) is 24.9 Å². The van der Waals surface area contributed by atoms with E-state index < -0.39 is 77.8 Å². The minimum Gasteiger partial charge on any atom is -0.508 e. The summed E-state index contributed by atoms with van der Waals surface area (Å²) in [5.74, 6) is -2.69. The highest BCUT2D eigenvalue weighted by Crippen LogP contribution is 2.69. The molecule has 1 aliphatic heterocycles. The van der Waals surface area contributed by atoms with E-state index in [1.54, 1.807) is 37.3 Å². The molecular weight excluding hydrogens is 596 g/mol. The van der Waals surface area contributed by atoms with Crippen LogP contribution in [0.5, 0.6) is 5.75 Å². The summed E-state index contributed by atoms with van der Waals surface area (Å²) < 4.78 is 45.3. The first kappa shape index (κ1) is 32.5. The quantitative estimate of drug-likeness (QED) is 0.235. The molecule has 46 heavy (non-hydrogen) atoms. The second-order valence-corrected chi connectivity index (χ2v) is 13.5. The molecule has 9 atom stereocenters. The Bertz CT molecular complexity index is 1580. The van der Waals surface area contributed by atoms with E-state index in [2.05, 4.69) is 0 Å². The van der Waals surface area contributed by atoms with Crippen LogP contribution >= 0.6 is 0 Å². The van der Waals surface area contributed by atoms with Crippen molar-refractivity contribution in [3.05, 3.63) is 83.0 Å². The second kappa shape index (κ2) is 12.0. The number of nitrogens with two attached hydrogens (primary N) is 1. The number of hydrogen-bond donors (Lipinski definition) is 4. The van der Waals surface area contributed by atoms with Crippen molar-refractivity contribution in [1.29, 1.82) is 0 Å². The van der Waals surface area contributed by atoms with Gasteiger partial charge in [-0.15, -0.1) is 0 Å². The van der Waals surface area contributed by atoms with Gasteiger partial charge in [-0.3, -0.25) is 9.59 Å². The van der Waals surface area contributed by atoms with Gasteiger partial charge in [0.1, 0.15) is 24.2 Å². The number of aromatic hydroxyl groups is 1. The Morgan fingerprint density at radius 3 is 2.54 bits per heavy atom. The lowest BCUT2D eigenvalue weighted by Gasteiger charge is -2.57. The van der Waals surface area contributed by atoms with E-state index >= 15 is 8.78 Å². The molecule has 0 amide bonds. The number of alkyl halides is 2. The Morgan fingerprint density at radius 2 is 1.87 bits per heavy atom. The zero-order chi connectivity index (χ0) is 33.0. The van der Waals surface area contributed by atoms with Crippen molar-refractivity contribution in [3.63, 3.8) is 0 Å². The van der Waals surface area contributed by atoms with Gasteiger partial charge in [-0.1, -0.05) is 44.2 Å². The maximum absolute atomic E-state index is 16.9. The van der Waals surface area contributed by atoms with Crippen LogP contribution in [0.15, 0.2) is 66.3 Å². The van der Waals surface area contributed by atoms with Gasteiger partial charge in [-0.25, -0.2) is 8.78 Å². The Kier molecular flexibility index (Phi) is 8.46. The van der Waals surface area contributed by atoms with Crippen LogP contribution in [-0.2, 0) is 25.5 Å². The number of hydrogen-bond acceptors (Lipinski definition) is 8. The summed E-state index contributed by atoms with van der Waals surface area (Å²) in [5, 5.41) is 32.4. The molecule has 2 aromatic rings. The van der Waals surface area contributed by atoms with Crippen LogP contribution in [0.25, 0.3) is 0 Å². The van der Waals surface area contributed by atoms with Crippen molar-refractivity contribution in [2.75, 3.05) is 12.3 Å². The summed E-state index contributed by atoms with van der Waals surface area (Å²) in [6.07, 6.45) is -0.755. The number of allylic oxidation sites excluding steroid dienone is 4. The normalized spacial score (nSPS) is 37.7. The number of carbonyl (C=O) groups excluding carboxylic acids is 2. The molecule has 8 nitrogen and oxygen atoms in total. The Balaban J connectivity index is 1.28. The van der Waals surface area contributed by atoms with Crippen molar-refractivity contribution in [3.8, 4) is 5.75 Å². The zero-order valence-electron chi connectivity index (χ0n) is 26.0. The van der Waals surface area contributed by atoms with Crippen LogP contribution < -0.4 is 5.73 Å². The van der Waals surface area contributed by atoms with Gasteiger partial charge in [-0.2, -0.15) is 0 Å². The molecule has 3 aliphatic carbocycles. The number of benzene rings is 2. The van der Waals surface area contributed by atoms with Gasteiger partial charge in [0.2, 0.25) is 0 Å². The number of halogens is 2. The number of aliphatic hydroxyl groups excluding tert-OH is 2. The van der Waals surface area contributed by atoms with Crippen molar-refractivity contribution in [2.24, 2.45) is 17.3 Å². The second-order valence-electron chi connectivity index (χ2n) is 13.5. The molecule has 246 valence electrons. The number of Topliss-reactive ketones (excluding diaryl/α,β-unsaturated/α-hetero) is 1. The number of nitrogen functional groups attached to an aromatic ring is 1. The average molecular weight is 638 g/mol. The van der Waals surface area contributed by atoms with E-state index in [0.717, 1.165) is 11.6 Å². The molecule has 0 radical (unpaired) electrons. The monoisotopic (exact) mass is 637 g/mol. The summed E-state index contributed by atoms with van der Waals surface area (Å²) in [7, 11) is 0. The number of rotatable bonds is 8. The Labute approximate surface area is 266 Å². The van der Waals surface area contributed by atoms with Gasteiger partial charge in [0.05, 0.1) is 12.2 Å². The van der Waals surface area contributed by atoms with Crippen LogP contribution in [0.1, 0.15) is 68.9 Å². The van der Waals surface area contributed by atoms with E-state index in [4.69, 9.17) is 15.2 Å². The van der Waals surface area contributed by atoms with Gasteiger partial charge in [0, 0.05) is 35.4 Å². The molecule has 3 saturated carbocycles. The Morgan fingerprint density at radius 1 is 1.13 bits per heavy atom. The summed E-state index contributed by atoms with van der Waals surface area (Å²) in [5.41, 5.74) is 3.32. The first-order chi connectivity index (χ1) is 21.9. The topological polar surface area (TPSA) is 139 Å². The van der Waals surface area contributed by atoms with Gasteiger partial charge < -0.3 is 30.5 Å². The fourth-order valence-corrected chi connectivity index (χ4v) is 8.65. The molecule has 6 rings (SSSR count). The molecule has 0 aromatic heterocycles. The van der Waals surface area contributed by atoms with Crippen molar-refractivity contribution in [2.45, 2.75) is 88.3 Å². The maximum atomic E-state index is 16.9. The van der Waals surface area contributed by atoms with Crippen LogP contribution in [0, 0.1) is 17.3 Å². The van der Waals surface area contributed by atoms with Crippen molar-refractivity contribution in [1.82, 2.24) is 0 Å². The van der Waals surface area contributed by atoms with Crippen LogP contribution in [0.2, 0.25) is 0 Å². The number of phenols is 1. The predicted molar refractivity (Wildman–Crippen MR) is 166 cm³/mol. The minimum absolute atomic E-state index is 0.00391. The number of carbonyl (C=O) groups is 2. The highest BCUT2D eigenvalue weighted by Gasteiger charge is 2.77. The zero-order valence-corrected chi connectivity index (χ0v) is 26.0. The minimum atomic E-state index is -2.22. The fourth-order valence-electron chi connectivity index (χ4n) is 8.65. The van der Waals surface area contributed by atoms with E-state index in [0.29, 0.717) is 29.7 Å². The van der Waals surface area contributed by atoms with Gasteiger partial charge in [0.15, 0.2) is 23.5 Å². The third kappa shape index (κ3) is 5.10. The summed E-state index contributed by atoms with van der Waals surface area (Å²) in [6, 6.07) is 12.3. The fraction of sp³-hybridized carbons (Fsp3) is 0.500. The maximum Gasteiger partial charge on any atom is 0.193 e. The number of aliphatic hydroxyl groups is 2. The number of phenolic OH excluding ortho intramolecular Hbond substituents is 1. The van der Waals surface area contributed by atoms with Gasteiger partial charge in [0.25, 0.3) is 0 Å². The molecule has 5 N–H and O–H groups in total. The number of ketones is 2. The van der Waals surface area contributed by atoms with Gasteiger partial charge in [-0.05, 0) is 78.7 Å². The lowest BCUT2D eigenvalue weighted by atomic mass is 9.50. The molecule has 1 heterocycles. The lowest BCUT2D eigenvalue weighted by Crippen LogP contribution is -2.66. The molecule has 1 saturated heterocycles. The van der Waals surface area contributed by atoms with Crippen LogP contribution in [-0.4, -0.2) is 63.1 Å². The standard InChI is InChI=1S/C36H41F2NO7/c1-3-4-5-25(41)13-23-17-35(38)27(15-28(23)37)26-16-32-36(31(44)19-40,34(26,2)18-30(35)43)46-33(45-32)22-9-8-21(29(42)14-22)12-20-6-10-24(39)11-7-20/h4-11,13-14,26-28,30,32-33,40,42-43H,3,12,15-19,39H2,1-2H3/b5-4-,23-13+/t26-,27-,28-,30-,32+,33+,34-,35-,36+/m0/s1. The van der Waals surface area contributed by atoms with E-state index in [-0.39, 0.29) is 30.6 Å². The molecule has 0 unspecified atom stereocenters. The number of fused-ring (bicyclic) bond motifs is 5. The summed E-state index contributed by atoms with van der Waals surface area (Å²) in [4.78, 5) is 26.0. The highest BCUT2D eigenvalue weighted by molar-refractivity contribution is 5.99. The third-order valence-corrected chi connectivity index (χ3v) is 10.9. The molecule has 2 aromatic carbocycles. The lowest BCUT2D eigenvalue weighted by molar-refractivity contribution is -0.217. The number of ether oxygens (including phenoxy) is 2. The summed E-state index contributed by atoms with van der Waals surface area (Å²) >= 11 is 0. The molecule has 4 fully saturated rings. The average Bonchev–Trinajstić information content (AvgIpc) is 3.52. The third-order valence-electron chi connectivity index (χ3n) is 10.9. The molecule has 10 heteroatoms. The summed E-state index contributed by atoms with van der Waals surface area (Å²) in [6.45, 7) is 2.72. The number of anilines is 1. The first-order valence-electron chi connectivity index (χ1n) is 15.9. The van der Waals surface area contributed by atoms with Crippen molar-refractivity contribution < 1.29 is 43.2 Å². The Hall–Kier alpha value is -3.44. The van der Waals surface area contributed by atoms with Gasteiger partial charge >= 0.3 is 0 Å². The molecule has 0 bridgehead atoms. The van der Waals surface area contributed by atoms with E-state index in [1.807, 2.05) is 19.1 Å². The SMILES string of the molecule is CC/C=C\C(=O)/C=C1\C[C@@]2(F)[C@@H](O)C[C@@]3(C)[C@@H](C[C@H]4O[C@@H](c5ccc(Cc6ccc(N)cc6)c(O)c5)O[C@]43C(=O)CO)[C@@H]2C[C@@H]1F. The van der Waals surface area contributed by atoms with Crippen LogP contribution in [0.3, 0.4) is 0 Å². The molecule has 4 aliphatic rings. The largest absolute Gasteiger partial charge is 0.508 e. The smallest absolute Gasteiger partial charge is 0.193 e. The molecule has 0 spiro atoms. The van der Waals surface area contributed by atoms with E-state index in [1.165, 1.54) is 12.1 Å².